The largest absolute Gasteiger partial charge is 0.308 e. The summed E-state index contributed by atoms with van der Waals surface area (Å²) < 4.78 is 56.0. The number of hydrogen-bond donors (Lipinski definition) is 1. The molecule has 172 valence electrons. The number of aromatic nitrogens is 5. The number of carbonyl (C=O) groups is 1. The standard InChI is InChI=1S/C22H20F4N6O/c1-12-5-3-4-6-14(12)10-31-8-7-17(30-31)28-18(33)11-32-22-19(13(2)29-32)15(20(23)24)9-16(27-22)21(25)26/h3-9,20-21H,10-11H2,1-2H3,(H,28,30,33). The Morgan fingerprint density at radius 2 is 1.82 bits per heavy atom. The van der Waals surface area contributed by atoms with Crippen LogP contribution in [0.2, 0.25) is 0 Å². The van der Waals surface area contributed by atoms with Crippen LogP contribution >= 0.6 is 0 Å². The van der Waals surface area contributed by atoms with E-state index in [0.717, 1.165) is 15.8 Å². The van der Waals surface area contributed by atoms with Gasteiger partial charge in [0.05, 0.1) is 17.6 Å². The Morgan fingerprint density at radius 3 is 2.52 bits per heavy atom. The second-order valence-electron chi connectivity index (χ2n) is 7.55. The number of hydrogen-bond acceptors (Lipinski definition) is 4. The van der Waals surface area contributed by atoms with Crippen molar-refractivity contribution in [2.24, 2.45) is 0 Å². The van der Waals surface area contributed by atoms with Crippen molar-refractivity contribution in [2.45, 2.75) is 39.8 Å². The predicted octanol–water partition coefficient (Wildman–Crippen LogP) is 4.81. The lowest BCUT2D eigenvalue weighted by Crippen LogP contribution is -2.20. The molecule has 1 aromatic carbocycles. The van der Waals surface area contributed by atoms with Gasteiger partial charge in [-0.2, -0.15) is 10.2 Å². The molecule has 1 amide bonds. The number of anilines is 1. The molecular formula is C22H20F4N6O. The van der Waals surface area contributed by atoms with Gasteiger partial charge in [-0.05, 0) is 31.0 Å². The number of alkyl halides is 4. The number of nitrogens with zero attached hydrogens (tertiary/aromatic N) is 5. The molecule has 0 saturated carbocycles. The Kier molecular flexibility index (Phi) is 6.12. The predicted molar refractivity (Wildman–Crippen MR) is 113 cm³/mol. The van der Waals surface area contributed by atoms with Gasteiger partial charge in [-0.15, -0.1) is 0 Å². The number of halogens is 4. The summed E-state index contributed by atoms with van der Waals surface area (Å²) in [5.74, 6) is -0.264. The summed E-state index contributed by atoms with van der Waals surface area (Å²) in [6.07, 6.45) is -4.32. The normalized spacial score (nSPS) is 11.6. The van der Waals surface area contributed by atoms with Crippen molar-refractivity contribution in [3.63, 3.8) is 0 Å². The fraction of sp³-hybridized carbons (Fsp3) is 0.273. The van der Waals surface area contributed by atoms with Gasteiger partial charge in [0.15, 0.2) is 11.5 Å². The van der Waals surface area contributed by atoms with Crippen LogP contribution in [0, 0.1) is 13.8 Å². The first-order valence-electron chi connectivity index (χ1n) is 10.0. The van der Waals surface area contributed by atoms with E-state index in [1.54, 1.807) is 16.9 Å². The van der Waals surface area contributed by atoms with Crippen molar-refractivity contribution in [1.82, 2.24) is 24.5 Å². The van der Waals surface area contributed by atoms with Gasteiger partial charge in [0, 0.05) is 17.8 Å². The highest BCUT2D eigenvalue weighted by atomic mass is 19.3. The number of amides is 1. The molecule has 0 aliphatic heterocycles. The third-order valence-electron chi connectivity index (χ3n) is 5.18. The summed E-state index contributed by atoms with van der Waals surface area (Å²) in [5.41, 5.74) is 0.777. The molecule has 0 spiro atoms. The Balaban J connectivity index is 1.54. The summed E-state index contributed by atoms with van der Waals surface area (Å²) in [6.45, 7) is 3.56. The fourth-order valence-electron chi connectivity index (χ4n) is 3.60. The molecule has 0 aliphatic rings. The minimum absolute atomic E-state index is 0.0373. The zero-order valence-corrected chi connectivity index (χ0v) is 17.8. The second-order valence-corrected chi connectivity index (χ2v) is 7.55. The molecule has 0 atom stereocenters. The van der Waals surface area contributed by atoms with Gasteiger partial charge in [-0.3, -0.25) is 9.48 Å². The molecule has 4 rings (SSSR count). The third-order valence-corrected chi connectivity index (χ3v) is 5.18. The van der Waals surface area contributed by atoms with E-state index in [2.05, 4.69) is 20.5 Å². The molecule has 33 heavy (non-hydrogen) atoms. The van der Waals surface area contributed by atoms with Crippen molar-refractivity contribution in [3.8, 4) is 0 Å². The molecule has 4 aromatic rings. The maximum absolute atomic E-state index is 13.5. The molecule has 7 nitrogen and oxygen atoms in total. The van der Waals surface area contributed by atoms with Crippen LogP contribution in [0.1, 0.15) is 40.9 Å². The lowest BCUT2D eigenvalue weighted by molar-refractivity contribution is -0.116. The highest BCUT2D eigenvalue weighted by Crippen LogP contribution is 2.32. The average molecular weight is 460 g/mol. The first-order valence-corrected chi connectivity index (χ1v) is 10.0. The van der Waals surface area contributed by atoms with Gasteiger partial charge in [0.2, 0.25) is 5.91 Å². The molecule has 0 fully saturated rings. The quantitative estimate of drug-likeness (QED) is 0.402. The topological polar surface area (TPSA) is 77.6 Å². The van der Waals surface area contributed by atoms with Gasteiger partial charge >= 0.3 is 0 Å². The monoisotopic (exact) mass is 460 g/mol. The number of benzene rings is 1. The van der Waals surface area contributed by atoms with Crippen LogP contribution in [0.3, 0.4) is 0 Å². The van der Waals surface area contributed by atoms with E-state index in [4.69, 9.17) is 0 Å². The van der Waals surface area contributed by atoms with Crippen molar-refractivity contribution in [2.75, 3.05) is 5.32 Å². The maximum atomic E-state index is 13.5. The summed E-state index contributed by atoms with van der Waals surface area (Å²) in [7, 11) is 0. The van der Waals surface area contributed by atoms with E-state index in [1.165, 1.54) is 6.92 Å². The van der Waals surface area contributed by atoms with E-state index in [1.807, 2.05) is 31.2 Å². The second kappa shape index (κ2) is 9.00. The summed E-state index contributed by atoms with van der Waals surface area (Å²) in [5, 5.41) is 11.0. The highest BCUT2D eigenvalue weighted by Gasteiger charge is 2.24. The van der Waals surface area contributed by atoms with Crippen molar-refractivity contribution in [1.29, 1.82) is 0 Å². The van der Waals surface area contributed by atoms with Crippen LogP contribution in [0.4, 0.5) is 23.4 Å². The lowest BCUT2D eigenvalue weighted by atomic mass is 10.1. The van der Waals surface area contributed by atoms with Gasteiger partial charge in [-0.25, -0.2) is 27.2 Å². The number of nitrogens with one attached hydrogen (secondary N) is 1. The molecule has 0 bridgehead atoms. The average Bonchev–Trinajstić information content (AvgIpc) is 3.32. The Labute approximate surface area is 186 Å². The van der Waals surface area contributed by atoms with E-state index >= 15 is 0 Å². The van der Waals surface area contributed by atoms with Crippen molar-refractivity contribution in [3.05, 3.63) is 70.7 Å². The van der Waals surface area contributed by atoms with Crippen molar-refractivity contribution >= 4 is 22.8 Å². The first kappa shape index (κ1) is 22.4. The number of aryl methyl sites for hydroxylation is 2. The van der Waals surface area contributed by atoms with Gasteiger partial charge in [-0.1, -0.05) is 24.3 Å². The van der Waals surface area contributed by atoms with Crippen molar-refractivity contribution < 1.29 is 22.4 Å². The molecule has 0 saturated heterocycles. The Bertz CT molecular complexity index is 1310. The van der Waals surface area contributed by atoms with Gasteiger partial charge in [0.25, 0.3) is 12.9 Å². The number of rotatable bonds is 7. The summed E-state index contributed by atoms with van der Waals surface area (Å²) >= 11 is 0. The third kappa shape index (κ3) is 4.71. The Morgan fingerprint density at radius 1 is 1.06 bits per heavy atom. The maximum Gasteiger partial charge on any atom is 0.280 e. The molecule has 0 aliphatic carbocycles. The summed E-state index contributed by atoms with van der Waals surface area (Å²) in [4.78, 5) is 16.3. The fourth-order valence-corrected chi connectivity index (χ4v) is 3.60. The molecule has 3 aromatic heterocycles. The van der Waals surface area contributed by atoms with Gasteiger partial charge < -0.3 is 5.32 Å². The van der Waals surface area contributed by atoms with Gasteiger partial charge in [0.1, 0.15) is 12.2 Å². The van der Waals surface area contributed by atoms with Crippen LogP contribution in [-0.2, 0) is 17.9 Å². The van der Waals surface area contributed by atoms with E-state index in [-0.39, 0.29) is 22.5 Å². The highest BCUT2D eigenvalue weighted by molar-refractivity contribution is 5.91. The SMILES string of the molecule is Cc1ccccc1Cn1ccc(NC(=O)Cn2nc(C)c3c(C(F)F)cc(C(F)F)nc32)n1. The van der Waals surface area contributed by atoms with Crippen LogP contribution in [0.15, 0.2) is 42.6 Å². The molecule has 11 heteroatoms. The molecule has 3 heterocycles. The number of carbonyl (C=O) groups excluding carboxylic acids is 1. The number of fused-ring (bicyclic) bond motifs is 1. The molecular weight excluding hydrogens is 440 g/mol. The van der Waals surface area contributed by atoms with Crippen LogP contribution in [-0.4, -0.2) is 30.5 Å². The smallest absolute Gasteiger partial charge is 0.280 e. The van der Waals surface area contributed by atoms with E-state index in [9.17, 15) is 22.4 Å². The molecule has 0 unspecified atom stereocenters. The molecule has 1 N–H and O–H groups in total. The minimum atomic E-state index is -3.04. The van der Waals surface area contributed by atoms with E-state index in [0.29, 0.717) is 12.6 Å². The zero-order valence-electron chi connectivity index (χ0n) is 17.8. The van der Waals surface area contributed by atoms with E-state index < -0.39 is 36.6 Å². The first-order chi connectivity index (χ1) is 15.7. The minimum Gasteiger partial charge on any atom is -0.308 e. The van der Waals surface area contributed by atoms with Crippen LogP contribution < -0.4 is 5.32 Å². The molecule has 0 radical (unpaired) electrons. The zero-order chi connectivity index (χ0) is 23.7. The summed E-state index contributed by atoms with van der Waals surface area (Å²) in [6, 6.07) is 10.1. The van der Waals surface area contributed by atoms with Crippen LogP contribution in [0.25, 0.3) is 11.0 Å². The van der Waals surface area contributed by atoms with Crippen LogP contribution in [0.5, 0.6) is 0 Å². The lowest BCUT2D eigenvalue weighted by Gasteiger charge is -2.08. The Hall–Kier alpha value is -3.76. The number of pyridine rings is 1.